The summed E-state index contributed by atoms with van der Waals surface area (Å²) < 4.78 is 1.39. The zero-order chi connectivity index (χ0) is 17.6. The van der Waals surface area contributed by atoms with Gasteiger partial charge in [-0.25, -0.2) is 9.78 Å². The number of fused-ring (bicyclic) bond motifs is 1. The van der Waals surface area contributed by atoms with Crippen molar-refractivity contribution in [2.45, 2.75) is 25.5 Å². The van der Waals surface area contributed by atoms with Gasteiger partial charge in [0, 0.05) is 27.9 Å². The molecule has 2 N–H and O–H groups in total. The quantitative estimate of drug-likeness (QED) is 0.678. The summed E-state index contributed by atoms with van der Waals surface area (Å²) in [4.78, 5) is 29.6. The van der Waals surface area contributed by atoms with E-state index in [0.717, 1.165) is 23.3 Å². The van der Waals surface area contributed by atoms with Crippen molar-refractivity contribution in [3.63, 3.8) is 0 Å². The Morgan fingerprint density at radius 2 is 2.24 bits per heavy atom. The van der Waals surface area contributed by atoms with Gasteiger partial charge < -0.3 is 10.2 Å². The number of amides is 1. The molecule has 0 aliphatic heterocycles. The molecule has 1 saturated carbocycles. The van der Waals surface area contributed by atoms with Crippen molar-refractivity contribution in [3.05, 3.63) is 34.2 Å². The van der Waals surface area contributed by atoms with Gasteiger partial charge in [0.2, 0.25) is 0 Å². The van der Waals surface area contributed by atoms with Gasteiger partial charge in [-0.15, -0.1) is 11.3 Å². The van der Waals surface area contributed by atoms with Crippen LogP contribution in [-0.2, 0) is 6.61 Å². The van der Waals surface area contributed by atoms with Gasteiger partial charge in [-0.2, -0.15) is 9.61 Å². The molecule has 0 aromatic carbocycles. The van der Waals surface area contributed by atoms with E-state index in [4.69, 9.17) is 0 Å². The molecule has 128 valence electrons. The molecular formula is C16H14N4O4S. The van der Waals surface area contributed by atoms with Gasteiger partial charge in [0.05, 0.1) is 24.1 Å². The number of nitrogens with zero attached hydrogens (tertiary/aromatic N) is 4. The molecule has 0 radical (unpaired) electrons. The number of anilines is 1. The third kappa shape index (κ3) is 2.67. The summed E-state index contributed by atoms with van der Waals surface area (Å²) in [6.45, 7) is -0.0740. The zero-order valence-electron chi connectivity index (χ0n) is 13.0. The lowest BCUT2D eigenvalue weighted by Gasteiger charge is -2.20. The maximum absolute atomic E-state index is 11.8. The highest BCUT2D eigenvalue weighted by atomic mass is 32.1. The van der Waals surface area contributed by atoms with Crippen LogP contribution in [0.4, 0.5) is 10.6 Å². The first kappa shape index (κ1) is 15.7. The van der Waals surface area contributed by atoms with Crippen LogP contribution >= 0.6 is 11.3 Å². The van der Waals surface area contributed by atoms with E-state index in [1.54, 1.807) is 12.1 Å². The van der Waals surface area contributed by atoms with E-state index in [2.05, 4.69) is 10.1 Å². The average molecular weight is 358 g/mol. The van der Waals surface area contributed by atoms with Gasteiger partial charge in [-0.3, -0.25) is 9.69 Å². The first-order valence-electron chi connectivity index (χ1n) is 7.67. The number of carboxylic acid groups (broad SMARTS) is 1. The zero-order valence-corrected chi connectivity index (χ0v) is 13.8. The standard InChI is InChI=1S/C16H14N4O4S/c21-6-10-5-17-20-14(19(16(23)24)11-1-2-11)4-13(18-15(10)20)9-3-12(7-22)25-8-9/h3-6,8,11,22H,1-2,7H2,(H,23,24). The maximum Gasteiger partial charge on any atom is 0.413 e. The van der Waals surface area contributed by atoms with Crippen molar-refractivity contribution in [1.29, 1.82) is 0 Å². The summed E-state index contributed by atoms with van der Waals surface area (Å²) in [7, 11) is 0. The number of carbonyl (C=O) groups excluding carboxylic acids is 1. The Balaban J connectivity index is 1.95. The monoisotopic (exact) mass is 358 g/mol. The summed E-state index contributed by atoms with van der Waals surface area (Å²) in [5.41, 5.74) is 1.90. The predicted octanol–water partition coefficient (Wildman–Crippen LogP) is 2.41. The molecule has 25 heavy (non-hydrogen) atoms. The van der Waals surface area contributed by atoms with Gasteiger partial charge in [-0.1, -0.05) is 0 Å². The van der Waals surface area contributed by atoms with Crippen LogP contribution in [0.3, 0.4) is 0 Å². The van der Waals surface area contributed by atoms with Crippen molar-refractivity contribution in [2.75, 3.05) is 4.90 Å². The Morgan fingerprint density at radius 3 is 2.84 bits per heavy atom. The van der Waals surface area contributed by atoms with Gasteiger partial charge in [0.25, 0.3) is 0 Å². The van der Waals surface area contributed by atoms with E-state index in [9.17, 15) is 19.8 Å². The number of aromatic nitrogens is 3. The van der Waals surface area contributed by atoms with Crippen LogP contribution in [0.1, 0.15) is 28.1 Å². The SMILES string of the molecule is O=Cc1cnn2c(N(C(=O)O)C3CC3)cc(-c3csc(CO)c3)nc12. The molecule has 0 atom stereocenters. The highest BCUT2D eigenvalue weighted by Crippen LogP contribution is 2.35. The van der Waals surface area contributed by atoms with Crippen LogP contribution < -0.4 is 4.90 Å². The first-order chi connectivity index (χ1) is 12.1. The molecule has 1 amide bonds. The van der Waals surface area contributed by atoms with E-state index >= 15 is 0 Å². The molecule has 0 bridgehead atoms. The van der Waals surface area contributed by atoms with Crippen LogP contribution in [-0.4, -0.2) is 43.2 Å². The Hall–Kier alpha value is -2.78. The fourth-order valence-electron chi connectivity index (χ4n) is 2.74. The minimum absolute atomic E-state index is 0.0740. The Labute approximate surface area is 146 Å². The first-order valence-corrected chi connectivity index (χ1v) is 8.55. The Kier molecular flexibility index (Phi) is 3.74. The van der Waals surface area contributed by atoms with E-state index in [1.807, 2.05) is 5.38 Å². The van der Waals surface area contributed by atoms with Crippen LogP contribution in [0.15, 0.2) is 23.7 Å². The number of aliphatic hydroxyl groups is 1. The van der Waals surface area contributed by atoms with E-state index in [1.165, 1.54) is 26.9 Å². The second-order valence-corrected chi connectivity index (χ2v) is 6.79. The second kappa shape index (κ2) is 5.94. The van der Waals surface area contributed by atoms with Crippen LogP contribution in [0, 0.1) is 0 Å². The molecule has 0 spiro atoms. The van der Waals surface area contributed by atoms with Gasteiger partial charge in [0.15, 0.2) is 11.9 Å². The number of hydrogen-bond donors (Lipinski definition) is 2. The van der Waals surface area contributed by atoms with Crippen LogP contribution in [0.25, 0.3) is 16.9 Å². The largest absolute Gasteiger partial charge is 0.465 e. The topological polar surface area (TPSA) is 108 Å². The van der Waals surface area contributed by atoms with Crippen molar-refractivity contribution < 1.29 is 19.8 Å². The molecule has 0 unspecified atom stereocenters. The highest BCUT2D eigenvalue weighted by molar-refractivity contribution is 7.10. The molecule has 3 heterocycles. The number of rotatable bonds is 5. The normalized spacial score (nSPS) is 14.0. The minimum Gasteiger partial charge on any atom is -0.465 e. The maximum atomic E-state index is 11.8. The van der Waals surface area contributed by atoms with Crippen LogP contribution in [0.5, 0.6) is 0 Å². The summed E-state index contributed by atoms with van der Waals surface area (Å²) in [6.07, 6.45) is 2.55. The van der Waals surface area contributed by atoms with E-state index in [0.29, 0.717) is 29.0 Å². The smallest absolute Gasteiger partial charge is 0.413 e. The number of hydrogen-bond acceptors (Lipinski definition) is 6. The average Bonchev–Trinajstić information content (AvgIpc) is 3.16. The fourth-order valence-corrected chi connectivity index (χ4v) is 3.48. The summed E-state index contributed by atoms with van der Waals surface area (Å²) >= 11 is 1.39. The number of carbonyl (C=O) groups is 2. The lowest BCUT2D eigenvalue weighted by molar-refractivity contribution is 0.112. The molecule has 3 aromatic rings. The van der Waals surface area contributed by atoms with Crippen LogP contribution in [0.2, 0.25) is 0 Å². The van der Waals surface area contributed by atoms with Crippen molar-refractivity contribution >= 4 is 35.2 Å². The third-order valence-electron chi connectivity index (χ3n) is 4.08. The van der Waals surface area contributed by atoms with Gasteiger partial charge in [-0.05, 0) is 18.9 Å². The fraction of sp³-hybridized carbons (Fsp3) is 0.250. The van der Waals surface area contributed by atoms with Gasteiger partial charge >= 0.3 is 6.09 Å². The molecule has 9 heteroatoms. The van der Waals surface area contributed by atoms with E-state index in [-0.39, 0.29) is 12.6 Å². The minimum atomic E-state index is -1.06. The number of thiophene rings is 1. The predicted molar refractivity (Wildman–Crippen MR) is 91.1 cm³/mol. The lowest BCUT2D eigenvalue weighted by Crippen LogP contribution is -2.33. The molecule has 8 nitrogen and oxygen atoms in total. The summed E-state index contributed by atoms with van der Waals surface area (Å²) in [6, 6.07) is 3.37. The molecule has 0 saturated heterocycles. The van der Waals surface area contributed by atoms with Crippen molar-refractivity contribution in [3.8, 4) is 11.3 Å². The number of aldehydes is 1. The molecule has 3 aromatic heterocycles. The van der Waals surface area contributed by atoms with Crippen molar-refractivity contribution in [2.24, 2.45) is 0 Å². The highest BCUT2D eigenvalue weighted by Gasteiger charge is 2.36. The Morgan fingerprint density at radius 1 is 1.44 bits per heavy atom. The summed E-state index contributed by atoms with van der Waals surface area (Å²) in [5.74, 6) is 0.361. The second-order valence-electron chi connectivity index (χ2n) is 5.80. The summed E-state index contributed by atoms with van der Waals surface area (Å²) in [5, 5.41) is 24.9. The third-order valence-corrected chi connectivity index (χ3v) is 5.00. The Bertz CT molecular complexity index is 976. The molecule has 1 aliphatic rings. The molecular weight excluding hydrogens is 344 g/mol. The lowest BCUT2D eigenvalue weighted by atomic mass is 10.2. The molecule has 1 aliphatic carbocycles. The van der Waals surface area contributed by atoms with E-state index < -0.39 is 6.09 Å². The van der Waals surface area contributed by atoms with Crippen molar-refractivity contribution in [1.82, 2.24) is 14.6 Å². The molecule has 1 fully saturated rings. The van der Waals surface area contributed by atoms with Gasteiger partial charge in [0.1, 0.15) is 5.82 Å². The molecule has 4 rings (SSSR count). The number of aliphatic hydroxyl groups excluding tert-OH is 1.